The monoisotopic (exact) mass is 357 g/mol. The molecule has 0 atom stereocenters. The highest BCUT2D eigenvalue weighted by Gasteiger charge is 2.11. The fraction of sp³-hybridized carbons (Fsp3) is 0.214. The van der Waals surface area contributed by atoms with Gasteiger partial charge < -0.3 is 9.64 Å². The van der Waals surface area contributed by atoms with Gasteiger partial charge in [0.15, 0.2) is 0 Å². The molecule has 1 aromatic carbocycles. The summed E-state index contributed by atoms with van der Waals surface area (Å²) in [5.74, 6) is -0.321. The van der Waals surface area contributed by atoms with E-state index >= 15 is 0 Å². The molecule has 0 radical (unpaired) electrons. The van der Waals surface area contributed by atoms with Gasteiger partial charge in [0.05, 0.1) is 18.4 Å². The maximum Gasteiger partial charge on any atom is 0.337 e. The Morgan fingerprint density at radius 3 is 2.44 bits per heavy atom. The molecule has 18 heavy (non-hydrogen) atoms. The molecule has 1 rings (SSSR count). The summed E-state index contributed by atoms with van der Waals surface area (Å²) in [5, 5.41) is 0. The van der Waals surface area contributed by atoms with E-state index in [9.17, 15) is 4.79 Å². The molecule has 0 amide bonds. The lowest BCUT2D eigenvalue weighted by Crippen LogP contribution is -2.24. The average molecular weight is 357 g/mol. The highest BCUT2D eigenvalue weighted by atomic mass is 127. The number of rotatable bonds is 6. The lowest BCUT2D eigenvalue weighted by molar-refractivity contribution is 0.0600. The number of anilines is 1. The lowest BCUT2D eigenvalue weighted by Gasteiger charge is -2.23. The van der Waals surface area contributed by atoms with Gasteiger partial charge in [-0.1, -0.05) is 12.2 Å². The Morgan fingerprint density at radius 1 is 1.39 bits per heavy atom. The number of benzene rings is 1. The zero-order valence-corrected chi connectivity index (χ0v) is 12.5. The summed E-state index contributed by atoms with van der Waals surface area (Å²) in [5.41, 5.74) is 1.62. The summed E-state index contributed by atoms with van der Waals surface area (Å²) in [4.78, 5) is 13.6. The Balaban J connectivity index is 3.05. The highest BCUT2D eigenvalue weighted by molar-refractivity contribution is 14.1. The predicted molar refractivity (Wildman–Crippen MR) is 83.1 cm³/mol. The van der Waals surface area contributed by atoms with Crippen molar-refractivity contribution in [2.45, 2.75) is 0 Å². The van der Waals surface area contributed by atoms with Crippen LogP contribution in [0.25, 0.3) is 0 Å². The van der Waals surface area contributed by atoms with Crippen LogP contribution >= 0.6 is 22.6 Å². The maximum atomic E-state index is 11.4. The van der Waals surface area contributed by atoms with E-state index < -0.39 is 0 Å². The minimum atomic E-state index is -0.321. The maximum absolute atomic E-state index is 11.4. The average Bonchev–Trinajstić information content (AvgIpc) is 2.37. The van der Waals surface area contributed by atoms with Gasteiger partial charge in [-0.2, -0.15) is 0 Å². The molecule has 3 nitrogen and oxygen atoms in total. The van der Waals surface area contributed by atoms with E-state index in [0.717, 1.165) is 22.3 Å². The molecule has 0 aromatic heterocycles. The van der Waals surface area contributed by atoms with E-state index in [1.54, 1.807) is 6.07 Å². The predicted octanol–water partition coefficient (Wildman–Crippen LogP) is 3.26. The van der Waals surface area contributed by atoms with Crippen molar-refractivity contribution in [1.82, 2.24) is 0 Å². The molecule has 0 spiro atoms. The van der Waals surface area contributed by atoms with E-state index in [1.807, 2.05) is 24.3 Å². The zero-order chi connectivity index (χ0) is 13.5. The number of hydrogen-bond acceptors (Lipinski definition) is 3. The quantitative estimate of drug-likeness (QED) is 0.445. The molecule has 4 heteroatoms. The van der Waals surface area contributed by atoms with Crippen LogP contribution in [0.4, 0.5) is 5.69 Å². The standard InChI is InChI=1S/C14H16INO2/c1-4-8-16(9-5-2)13-7-6-11(10-12(13)15)14(17)18-3/h4-7,10H,1-2,8-9H2,3H3. The molecule has 0 aliphatic rings. The minimum absolute atomic E-state index is 0.321. The summed E-state index contributed by atoms with van der Waals surface area (Å²) in [6.45, 7) is 8.96. The van der Waals surface area contributed by atoms with Gasteiger partial charge in [-0.25, -0.2) is 4.79 Å². The molecular formula is C14H16INO2. The van der Waals surface area contributed by atoms with Crippen molar-refractivity contribution in [3.8, 4) is 0 Å². The van der Waals surface area contributed by atoms with Gasteiger partial charge in [0.25, 0.3) is 0 Å². The molecule has 0 fully saturated rings. The highest BCUT2D eigenvalue weighted by Crippen LogP contribution is 2.24. The van der Waals surface area contributed by atoms with Crippen LogP contribution < -0.4 is 4.90 Å². The van der Waals surface area contributed by atoms with Crippen molar-refractivity contribution in [1.29, 1.82) is 0 Å². The first-order valence-corrected chi connectivity index (χ1v) is 6.56. The third-order valence-corrected chi connectivity index (χ3v) is 3.27. The van der Waals surface area contributed by atoms with E-state index in [0.29, 0.717) is 5.56 Å². The second-order valence-corrected chi connectivity index (χ2v) is 4.80. The van der Waals surface area contributed by atoms with Crippen LogP contribution in [-0.4, -0.2) is 26.2 Å². The summed E-state index contributed by atoms with van der Waals surface area (Å²) in [6, 6.07) is 5.50. The second kappa shape index (κ2) is 7.20. The Hall–Kier alpha value is -1.30. The molecule has 0 aliphatic carbocycles. The van der Waals surface area contributed by atoms with Crippen molar-refractivity contribution >= 4 is 34.2 Å². The van der Waals surface area contributed by atoms with E-state index in [2.05, 4.69) is 40.6 Å². The molecular weight excluding hydrogens is 341 g/mol. The number of esters is 1. The molecule has 96 valence electrons. The van der Waals surface area contributed by atoms with Crippen molar-refractivity contribution in [3.05, 3.63) is 52.6 Å². The fourth-order valence-electron chi connectivity index (χ4n) is 1.59. The SMILES string of the molecule is C=CCN(CC=C)c1ccc(C(=O)OC)cc1I. The van der Waals surface area contributed by atoms with Gasteiger partial charge >= 0.3 is 5.97 Å². The molecule has 0 heterocycles. The normalized spacial score (nSPS) is 9.67. The van der Waals surface area contributed by atoms with Gasteiger partial charge in [-0.3, -0.25) is 0 Å². The molecule has 1 aromatic rings. The van der Waals surface area contributed by atoms with Crippen LogP contribution in [0, 0.1) is 3.57 Å². The van der Waals surface area contributed by atoms with E-state index in [-0.39, 0.29) is 5.97 Å². The first kappa shape index (κ1) is 14.8. The first-order chi connectivity index (χ1) is 8.63. The number of carbonyl (C=O) groups excluding carboxylic acids is 1. The number of nitrogens with zero attached hydrogens (tertiary/aromatic N) is 1. The van der Waals surface area contributed by atoms with Crippen molar-refractivity contribution in [3.63, 3.8) is 0 Å². The van der Waals surface area contributed by atoms with Crippen molar-refractivity contribution in [2.75, 3.05) is 25.1 Å². The molecule has 0 saturated heterocycles. The summed E-state index contributed by atoms with van der Waals surface area (Å²) in [6.07, 6.45) is 3.68. The van der Waals surface area contributed by atoms with Crippen LogP contribution in [-0.2, 0) is 4.74 Å². The van der Waals surface area contributed by atoms with Crippen LogP contribution in [0.3, 0.4) is 0 Å². The second-order valence-electron chi connectivity index (χ2n) is 3.64. The van der Waals surface area contributed by atoms with Gasteiger partial charge in [-0.15, -0.1) is 13.2 Å². The van der Waals surface area contributed by atoms with Gasteiger partial charge in [-0.05, 0) is 40.8 Å². The topological polar surface area (TPSA) is 29.5 Å². The third kappa shape index (κ3) is 3.60. The first-order valence-electron chi connectivity index (χ1n) is 5.48. The number of methoxy groups -OCH3 is 1. The Bertz CT molecular complexity index is 447. The third-order valence-electron chi connectivity index (χ3n) is 2.41. The largest absolute Gasteiger partial charge is 0.465 e. The number of carbonyl (C=O) groups is 1. The molecule has 0 N–H and O–H groups in total. The fourth-order valence-corrected chi connectivity index (χ4v) is 2.45. The zero-order valence-electron chi connectivity index (χ0n) is 10.4. The van der Waals surface area contributed by atoms with Gasteiger partial charge in [0.2, 0.25) is 0 Å². The van der Waals surface area contributed by atoms with Crippen LogP contribution in [0.2, 0.25) is 0 Å². The van der Waals surface area contributed by atoms with Gasteiger partial charge in [0.1, 0.15) is 0 Å². The summed E-state index contributed by atoms with van der Waals surface area (Å²) < 4.78 is 5.70. The van der Waals surface area contributed by atoms with Crippen molar-refractivity contribution < 1.29 is 9.53 Å². The van der Waals surface area contributed by atoms with Crippen molar-refractivity contribution in [2.24, 2.45) is 0 Å². The van der Waals surface area contributed by atoms with Gasteiger partial charge in [0, 0.05) is 16.7 Å². The molecule has 0 aliphatic heterocycles. The van der Waals surface area contributed by atoms with Crippen LogP contribution in [0.5, 0.6) is 0 Å². The minimum Gasteiger partial charge on any atom is -0.465 e. The Morgan fingerprint density at radius 2 is 2.00 bits per heavy atom. The smallest absolute Gasteiger partial charge is 0.337 e. The number of halogens is 1. The van der Waals surface area contributed by atoms with E-state index in [4.69, 9.17) is 4.74 Å². The summed E-state index contributed by atoms with van der Waals surface area (Å²) >= 11 is 2.21. The van der Waals surface area contributed by atoms with E-state index in [1.165, 1.54) is 7.11 Å². The number of hydrogen-bond donors (Lipinski definition) is 0. The summed E-state index contributed by atoms with van der Waals surface area (Å²) in [7, 11) is 1.38. The number of ether oxygens (including phenoxy) is 1. The molecule has 0 saturated carbocycles. The van der Waals surface area contributed by atoms with Crippen LogP contribution in [0.15, 0.2) is 43.5 Å². The molecule has 0 unspecified atom stereocenters. The lowest BCUT2D eigenvalue weighted by atomic mass is 10.2. The molecule has 0 bridgehead atoms. The van der Waals surface area contributed by atoms with Crippen LogP contribution in [0.1, 0.15) is 10.4 Å². The Labute approximate surface area is 121 Å². The Kier molecular flexibility index (Phi) is 5.91.